The Kier molecular flexibility index (Phi) is 3.90. The highest BCUT2D eigenvalue weighted by Gasteiger charge is 2.34. The van der Waals surface area contributed by atoms with E-state index in [-0.39, 0.29) is 0 Å². The third-order valence-corrected chi connectivity index (χ3v) is 4.13. The number of tetrazole rings is 1. The molecule has 0 aliphatic rings. The van der Waals surface area contributed by atoms with Crippen molar-refractivity contribution in [2.45, 2.75) is 19.4 Å². The van der Waals surface area contributed by atoms with Crippen molar-refractivity contribution in [1.29, 1.82) is 0 Å². The molecule has 0 amide bonds. The molecule has 0 radical (unpaired) electrons. The van der Waals surface area contributed by atoms with Crippen LogP contribution in [0.4, 0.5) is 0 Å². The van der Waals surface area contributed by atoms with Crippen molar-refractivity contribution >= 4 is 44.5 Å². The van der Waals surface area contributed by atoms with E-state index in [1.54, 1.807) is 13.8 Å². The van der Waals surface area contributed by atoms with E-state index in [4.69, 9.17) is 0 Å². The molecule has 0 bridgehead atoms. The molecule has 1 N–H and O–H groups in total. The maximum absolute atomic E-state index is 11.3. The first-order valence-electron chi connectivity index (χ1n) is 5.31. The van der Waals surface area contributed by atoms with Crippen LogP contribution < -0.4 is 0 Å². The fraction of sp³-hybridized carbons (Fsp3) is 0.273. The second-order valence-electron chi connectivity index (χ2n) is 4.40. The summed E-state index contributed by atoms with van der Waals surface area (Å²) >= 11 is 5.55. The number of benzene rings is 1. The summed E-state index contributed by atoms with van der Waals surface area (Å²) in [5, 5.41) is 20.6. The second kappa shape index (κ2) is 5.16. The van der Waals surface area contributed by atoms with Gasteiger partial charge < -0.3 is 5.11 Å². The van der Waals surface area contributed by atoms with Crippen molar-refractivity contribution in [1.82, 2.24) is 20.2 Å². The van der Waals surface area contributed by atoms with Crippen LogP contribution in [-0.4, -0.2) is 31.3 Å². The zero-order valence-corrected chi connectivity index (χ0v) is 13.9. The first kappa shape index (κ1) is 14.4. The summed E-state index contributed by atoms with van der Waals surface area (Å²) in [4.78, 5) is 11.3. The fourth-order valence-corrected chi connectivity index (χ4v) is 2.43. The van der Waals surface area contributed by atoms with Crippen LogP contribution in [0.15, 0.2) is 22.7 Å². The molecular weight excluding hydrogens is 427 g/mol. The summed E-state index contributed by atoms with van der Waals surface area (Å²) in [6.45, 7) is 3.11. The first-order chi connectivity index (χ1) is 8.84. The summed E-state index contributed by atoms with van der Waals surface area (Å²) < 4.78 is 3.14. The third-order valence-electron chi connectivity index (χ3n) is 2.69. The predicted molar refractivity (Wildman–Crippen MR) is 80.6 cm³/mol. The Morgan fingerprint density at radius 2 is 2.16 bits per heavy atom. The van der Waals surface area contributed by atoms with E-state index in [0.717, 1.165) is 13.6 Å². The van der Waals surface area contributed by atoms with Crippen molar-refractivity contribution in [3.63, 3.8) is 0 Å². The van der Waals surface area contributed by atoms with Gasteiger partial charge in [0, 0.05) is 13.6 Å². The molecular formula is C11H10BrIN4O2. The molecule has 1 aromatic carbocycles. The van der Waals surface area contributed by atoms with Gasteiger partial charge in [0.2, 0.25) is 0 Å². The van der Waals surface area contributed by atoms with Gasteiger partial charge in [-0.2, -0.15) is 0 Å². The molecule has 19 heavy (non-hydrogen) atoms. The van der Waals surface area contributed by atoms with Crippen LogP contribution in [0, 0.1) is 3.57 Å². The molecule has 1 aromatic heterocycles. The van der Waals surface area contributed by atoms with Crippen LogP contribution in [0.25, 0.3) is 11.4 Å². The van der Waals surface area contributed by atoms with Crippen LogP contribution in [0.3, 0.4) is 0 Å². The lowest BCUT2D eigenvalue weighted by Crippen LogP contribution is -2.37. The molecule has 0 saturated heterocycles. The molecule has 1 heterocycles. The summed E-state index contributed by atoms with van der Waals surface area (Å²) in [5.41, 5.74) is -0.432. The Balaban J connectivity index is 2.63. The van der Waals surface area contributed by atoms with Crippen LogP contribution >= 0.6 is 38.5 Å². The minimum Gasteiger partial charge on any atom is -0.479 e. The van der Waals surface area contributed by atoms with E-state index in [9.17, 15) is 9.90 Å². The molecule has 100 valence electrons. The van der Waals surface area contributed by atoms with Gasteiger partial charge in [-0.15, -0.1) is 5.10 Å². The van der Waals surface area contributed by atoms with Gasteiger partial charge in [0.1, 0.15) is 0 Å². The van der Waals surface area contributed by atoms with Gasteiger partial charge in [0.25, 0.3) is 0 Å². The molecule has 0 saturated carbocycles. The standard InChI is InChI=1S/C11H10BrIN4O2/c1-11(2,10(18)19)17-9(14-15-16-17)7-5-6(12)3-4-8(7)13/h3-5H,1-2H3,(H,18,19). The lowest BCUT2D eigenvalue weighted by Gasteiger charge is -2.20. The van der Waals surface area contributed by atoms with Gasteiger partial charge in [-0.1, -0.05) is 15.9 Å². The van der Waals surface area contributed by atoms with Crippen molar-refractivity contribution in [2.24, 2.45) is 0 Å². The average Bonchev–Trinajstić information content (AvgIpc) is 2.81. The zero-order chi connectivity index (χ0) is 14.2. The Labute approximate surface area is 131 Å². The second-order valence-corrected chi connectivity index (χ2v) is 6.48. The number of aliphatic carboxylic acids is 1. The number of carbonyl (C=O) groups is 1. The van der Waals surface area contributed by atoms with Gasteiger partial charge in [-0.25, -0.2) is 9.48 Å². The number of nitrogens with zero attached hydrogens (tertiary/aromatic N) is 4. The average molecular weight is 437 g/mol. The Hall–Kier alpha value is -1.03. The molecule has 0 aliphatic carbocycles. The van der Waals surface area contributed by atoms with Crippen molar-refractivity contribution < 1.29 is 9.90 Å². The van der Waals surface area contributed by atoms with E-state index in [1.807, 2.05) is 18.2 Å². The molecule has 0 spiro atoms. The molecule has 2 aromatic rings. The minimum atomic E-state index is -1.22. The molecule has 0 atom stereocenters. The molecule has 6 nitrogen and oxygen atoms in total. The normalized spacial score (nSPS) is 11.6. The van der Waals surface area contributed by atoms with Crippen LogP contribution in [0.5, 0.6) is 0 Å². The number of hydrogen-bond donors (Lipinski definition) is 1. The van der Waals surface area contributed by atoms with E-state index in [1.165, 1.54) is 4.68 Å². The number of carboxylic acid groups (broad SMARTS) is 1. The minimum absolute atomic E-state index is 0.429. The molecule has 2 rings (SSSR count). The highest BCUT2D eigenvalue weighted by atomic mass is 127. The number of halogens is 2. The summed E-state index contributed by atoms with van der Waals surface area (Å²) in [7, 11) is 0. The first-order valence-corrected chi connectivity index (χ1v) is 7.19. The highest BCUT2D eigenvalue weighted by Crippen LogP contribution is 2.29. The van der Waals surface area contributed by atoms with E-state index >= 15 is 0 Å². The Morgan fingerprint density at radius 1 is 1.47 bits per heavy atom. The van der Waals surface area contributed by atoms with Gasteiger partial charge in [-0.3, -0.25) is 0 Å². The summed E-state index contributed by atoms with van der Waals surface area (Å²) in [6.07, 6.45) is 0. The van der Waals surface area contributed by atoms with E-state index in [2.05, 4.69) is 54.0 Å². The van der Waals surface area contributed by atoms with Crippen molar-refractivity contribution in [2.75, 3.05) is 0 Å². The van der Waals surface area contributed by atoms with Crippen molar-refractivity contribution in [3.8, 4) is 11.4 Å². The topological polar surface area (TPSA) is 80.9 Å². The quantitative estimate of drug-likeness (QED) is 0.747. The predicted octanol–water partition coefficient (Wildman–Crippen LogP) is 2.53. The molecule has 0 unspecified atom stereocenters. The van der Waals surface area contributed by atoms with E-state index in [0.29, 0.717) is 5.82 Å². The zero-order valence-electron chi connectivity index (χ0n) is 10.1. The van der Waals surface area contributed by atoms with Gasteiger partial charge in [0.15, 0.2) is 11.4 Å². The van der Waals surface area contributed by atoms with Crippen LogP contribution in [-0.2, 0) is 10.3 Å². The number of hydrogen-bond acceptors (Lipinski definition) is 4. The van der Waals surface area contributed by atoms with E-state index < -0.39 is 11.5 Å². The van der Waals surface area contributed by atoms with Crippen LogP contribution in [0.2, 0.25) is 0 Å². The SMILES string of the molecule is CC(C)(C(=O)O)n1nnnc1-c1cc(Br)ccc1I. The largest absolute Gasteiger partial charge is 0.479 e. The number of carboxylic acids is 1. The Bertz CT molecular complexity index is 641. The lowest BCUT2D eigenvalue weighted by molar-refractivity contribution is -0.146. The monoisotopic (exact) mass is 436 g/mol. The van der Waals surface area contributed by atoms with Crippen molar-refractivity contribution in [3.05, 3.63) is 26.2 Å². The molecule has 0 fully saturated rings. The number of aromatic nitrogens is 4. The van der Waals surface area contributed by atoms with Crippen LogP contribution in [0.1, 0.15) is 13.8 Å². The maximum atomic E-state index is 11.3. The number of rotatable bonds is 3. The fourth-order valence-electron chi connectivity index (χ4n) is 1.49. The molecule has 0 aliphatic heterocycles. The Morgan fingerprint density at radius 3 is 2.79 bits per heavy atom. The third kappa shape index (κ3) is 2.64. The molecule has 8 heteroatoms. The lowest BCUT2D eigenvalue weighted by atomic mass is 10.1. The summed E-state index contributed by atoms with van der Waals surface area (Å²) in [5.74, 6) is -0.566. The van der Waals surface area contributed by atoms with Gasteiger partial charge in [0.05, 0.1) is 0 Å². The summed E-state index contributed by atoms with van der Waals surface area (Å²) in [6, 6.07) is 5.68. The maximum Gasteiger partial charge on any atom is 0.331 e. The van der Waals surface area contributed by atoms with Gasteiger partial charge >= 0.3 is 5.97 Å². The van der Waals surface area contributed by atoms with Gasteiger partial charge in [-0.05, 0) is 65.1 Å². The highest BCUT2D eigenvalue weighted by molar-refractivity contribution is 14.1. The smallest absolute Gasteiger partial charge is 0.331 e.